The van der Waals surface area contributed by atoms with E-state index >= 15 is 0 Å². The van der Waals surface area contributed by atoms with Crippen LogP contribution in [0, 0.1) is 5.92 Å². The van der Waals surface area contributed by atoms with E-state index in [0.29, 0.717) is 5.92 Å². The van der Waals surface area contributed by atoms with Gasteiger partial charge >= 0.3 is 0 Å². The fourth-order valence-corrected chi connectivity index (χ4v) is 1.87. The molecule has 0 amide bonds. The summed E-state index contributed by atoms with van der Waals surface area (Å²) in [6.07, 6.45) is 2.13. The van der Waals surface area contributed by atoms with Gasteiger partial charge in [-0.15, -0.1) is 0 Å². The Hall–Kier alpha value is -0.530. The third-order valence-corrected chi connectivity index (χ3v) is 3.45. The maximum absolute atomic E-state index is 9.02. The molecule has 0 aliphatic heterocycles. The molecule has 1 nitrogen and oxygen atoms in total. The highest BCUT2D eigenvalue weighted by atomic mass is 35.5. The van der Waals surface area contributed by atoms with Gasteiger partial charge in [-0.2, -0.15) is 0 Å². The van der Waals surface area contributed by atoms with Gasteiger partial charge in [-0.25, -0.2) is 0 Å². The van der Waals surface area contributed by atoms with Crippen LogP contribution in [-0.4, -0.2) is 11.7 Å². The Balaban J connectivity index is 2.66. The molecule has 1 aromatic rings. The van der Waals surface area contributed by atoms with Crippen LogP contribution in [0.1, 0.15) is 39.2 Å². The fraction of sp³-hybridized carbons (Fsp3) is 0.571. The third-order valence-electron chi connectivity index (χ3n) is 3.20. The first-order chi connectivity index (χ1) is 7.45. The highest BCUT2D eigenvalue weighted by Gasteiger charge is 2.20. The van der Waals surface area contributed by atoms with Gasteiger partial charge in [0.25, 0.3) is 0 Å². The van der Waals surface area contributed by atoms with Crippen LogP contribution in [0.15, 0.2) is 24.3 Å². The average Bonchev–Trinajstić information content (AvgIpc) is 2.26. The molecule has 90 valence electrons. The minimum atomic E-state index is 0.147. The van der Waals surface area contributed by atoms with E-state index in [1.165, 1.54) is 5.56 Å². The molecule has 0 spiro atoms. The van der Waals surface area contributed by atoms with Crippen molar-refractivity contribution in [2.75, 3.05) is 6.61 Å². The topological polar surface area (TPSA) is 20.2 Å². The van der Waals surface area contributed by atoms with E-state index in [0.717, 1.165) is 17.9 Å². The van der Waals surface area contributed by atoms with Gasteiger partial charge in [-0.05, 0) is 41.9 Å². The van der Waals surface area contributed by atoms with Crippen LogP contribution in [-0.2, 0) is 5.41 Å². The van der Waals surface area contributed by atoms with Crippen LogP contribution in [0.5, 0.6) is 0 Å². The SMILES string of the molecule is C[C@@H](CO)CCC(C)(C)c1ccc(Cl)cc1. The lowest BCUT2D eigenvalue weighted by molar-refractivity contribution is 0.220. The quantitative estimate of drug-likeness (QED) is 0.824. The number of hydrogen-bond acceptors (Lipinski definition) is 1. The van der Waals surface area contributed by atoms with Gasteiger partial charge in [0.1, 0.15) is 0 Å². The number of halogens is 1. The zero-order valence-electron chi connectivity index (χ0n) is 10.3. The van der Waals surface area contributed by atoms with E-state index in [1.807, 2.05) is 12.1 Å². The fourth-order valence-electron chi connectivity index (χ4n) is 1.74. The van der Waals surface area contributed by atoms with Crippen LogP contribution < -0.4 is 0 Å². The normalized spacial score (nSPS) is 13.8. The smallest absolute Gasteiger partial charge is 0.0456 e. The molecule has 1 N–H and O–H groups in total. The van der Waals surface area contributed by atoms with Crippen molar-refractivity contribution >= 4 is 11.6 Å². The van der Waals surface area contributed by atoms with Crippen molar-refractivity contribution in [3.63, 3.8) is 0 Å². The predicted molar refractivity (Wildman–Crippen MR) is 70.0 cm³/mol. The van der Waals surface area contributed by atoms with Crippen molar-refractivity contribution in [1.29, 1.82) is 0 Å². The minimum absolute atomic E-state index is 0.147. The first-order valence-electron chi connectivity index (χ1n) is 5.82. The standard InChI is InChI=1S/C14H21ClO/c1-11(10-16)8-9-14(2,3)12-4-6-13(15)7-5-12/h4-7,11,16H,8-10H2,1-3H3/t11-/m1/s1. The Labute approximate surface area is 103 Å². The molecule has 16 heavy (non-hydrogen) atoms. The van der Waals surface area contributed by atoms with E-state index in [9.17, 15) is 0 Å². The molecule has 1 rings (SSSR count). The summed E-state index contributed by atoms with van der Waals surface area (Å²) in [7, 11) is 0. The summed E-state index contributed by atoms with van der Waals surface area (Å²) in [5, 5.41) is 9.80. The molecule has 1 aromatic carbocycles. The zero-order chi connectivity index (χ0) is 12.2. The lowest BCUT2D eigenvalue weighted by Gasteiger charge is -2.26. The Morgan fingerprint density at radius 3 is 2.31 bits per heavy atom. The number of aliphatic hydroxyl groups is 1. The molecule has 0 unspecified atom stereocenters. The van der Waals surface area contributed by atoms with Gasteiger partial charge in [0.2, 0.25) is 0 Å². The molecule has 0 fully saturated rings. The van der Waals surface area contributed by atoms with Crippen LogP contribution in [0.2, 0.25) is 5.02 Å². The second-order valence-corrected chi connectivity index (χ2v) is 5.65. The highest BCUT2D eigenvalue weighted by Crippen LogP contribution is 2.30. The van der Waals surface area contributed by atoms with Crippen LogP contribution >= 0.6 is 11.6 Å². The summed E-state index contributed by atoms with van der Waals surface area (Å²) < 4.78 is 0. The van der Waals surface area contributed by atoms with Crippen molar-refractivity contribution in [3.8, 4) is 0 Å². The molecule has 0 bridgehead atoms. The number of rotatable bonds is 5. The summed E-state index contributed by atoms with van der Waals surface area (Å²) >= 11 is 5.88. The lowest BCUT2D eigenvalue weighted by Crippen LogP contribution is -2.18. The largest absolute Gasteiger partial charge is 0.396 e. The van der Waals surface area contributed by atoms with Gasteiger partial charge in [-0.3, -0.25) is 0 Å². The van der Waals surface area contributed by atoms with Gasteiger partial charge in [0, 0.05) is 11.6 Å². The van der Waals surface area contributed by atoms with E-state index in [-0.39, 0.29) is 12.0 Å². The Morgan fingerprint density at radius 1 is 1.25 bits per heavy atom. The van der Waals surface area contributed by atoms with Crippen molar-refractivity contribution in [1.82, 2.24) is 0 Å². The maximum Gasteiger partial charge on any atom is 0.0456 e. The molecule has 0 aromatic heterocycles. The van der Waals surface area contributed by atoms with Crippen LogP contribution in [0.4, 0.5) is 0 Å². The van der Waals surface area contributed by atoms with Gasteiger partial charge < -0.3 is 5.11 Å². The lowest BCUT2D eigenvalue weighted by atomic mass is 9.79. The average molecular weight is 241 g/mol. The van der Waals surface area contributed by atoms with E-state index < -0.39 is 0 Å². The number of aliphatic hydroxyl groups excluding tert-OH is 1. The summed E-state index contributed by atoms with van der Waals surface area (Å²) in [6.45, 7) is 6.83. The Morgan fingerprint density at radius 2 is 1.81 bits per heavy atom. The van der Waals surface area contributed by atoms with Crippen LogP contribution in [0.3, 0.4) is 0 Å². The first kappa shape index (κ1) is 13.5. The van der Waals surface area contributed by atoms with Crippen LogP contribution in [0.25, 0.3) is 0 Å². The molecular weight excluding hydrogens is 220 g/mol. The van der Waals surface area contributed by atoms with E-state index in [1.54, 1.807) is 0 Å². The molecule has 0 aliphatic rings. The molecule has 0 saturated carbocycles. The van der Waals surface area contributed by atoms with Gasteiger partial charge in [0.05, 0.1) is 0 Å². The van der Waals surface area contributed by atoms with E-state index in [4.69, 9.17) is 16.7 Å². The third kappa shape index (κ3) is 3.80. The zero-order valence-corrected chi connectivity index (χ0v) is 11.1. The van der Waals surface area contributed by atoms with Crippen molar-refractivity contribution in [3.05, 3.63) is 34.9 Å². The summed E-state index contributed by atoms with van der Waals surface area (Å²) in [5.41, 5.74) is 1.45. The highest BCUT2D eigenvalue weighted by molar-refractivity contribution is 6.30. The molecular formula is C14H21ClO. The van der Waals surface area contributed by atoms with E-state index in [2.05, 4.69) is 32.9 Å². The monoisotopic (exact) mass is 240 g/mol. The van der Waals surface area contributed by atoms with Crippen molar-refractivity contribution < 1.29 is 5.11 Å². The van der Waals surface area contributed by atoms with Crippen molar-refractivity contribution in [2.24, 2.45) is 5.92 Å². The second-order valence-electron chi connectivity index (χ2n) is 5.22. The predicted octanol–water partition coefficient (Wildman–Crippen LogP) is 4.03. The first-order valence-corrected chi connectivity index (χ1v) is 6.20. The minimum Gasteiger partial charge on any atom is -0.396 e. The number of benzene rings is 1. The molecule has 0 aliphatic carbocycles. The summed E-state index contributed by atoms with van der Waals surface area (Å²) in [5.74, 6) is 0.381. The molecule has 0 radical (unpaired) electrons. The van der Waals surface area contributed by atoms with Gasteiger partial charge in [-0.1, -0.05) is 44.5 Å². The maximum atomic E-state index is 9.02. The Bertz CT molecular complexity index is 316. The molecule has 1 atom stereocenters. The number of hydrogen-bond donors (Lipinski definition) is 1. The molecule has 2 heteroatoms. The summed E-state index contributed by atoms with van der Waals surface area (Å²) in [4.78, 5) is 0. The van der Waals surface area contributed by atoms with Gasteiger partial charge in [0.15, 0.2) is 0 Å². The Kier molecular flexibility index (Phi) is 4.82. The van der Waals surface area contributed by atoms with Crippen molar-refractivity contribution in [2.45, 2.75) is 39.0 Å². The summed E-state index contributed by atoms with van der Waals surface area (Å²) in [6, 6.07) is 8.06. The molecule has 0 heterocycles. The molecule has 0 saturated heterocycles. The second kappa shape index (κ2) is 5.70.